The van der Waals surface area contributed by atoms with Crippen LogP contribution in [0.3, 0.4) is 0 Å². The monoisotopic (exact) mass is 329 g/mol. The molecule has 0 spiro atoms. The van der Waals surface area contributed by atoms with Crippen molar-refractivity contribution in [1.29, 1.82) is 0 Å². The molecule has 1 saturated heterocycles. The average molecular weight is 329 g/mol. The molecule has 1 aliphatic rings. The van der Waals surface area contributed by atoms with Crippen LogP contribution in [-0.2, 0) is 16.1 Å². The highest BCUT2D eigenvalue weighted by Gasteiger charge is 2.27. The van der Waals surface area contributed by atoms with Gasteiger partial charge >= 0.3 is 0 Å². The molecular weight excluding hydrogens is 306 g/mol. The van der Waals surface area contributed by atoms with Gasteiger partial charge in [0.05, 0.1) is 5.52 Å². The van der Waals surface area contributed by atoms with E-state index in [1.54, 1.807) is 4.68 Å². The summed E-state index contributed by atoms with van der Waals surface area (Å²) < 4.78 is 1.64. The van der Waals surface area contributed by atoms with E-state index in [1.807, 2.05) is 36.1 Å². The normalized spacial score (nSPS) is 15.6. The number of rotatable bonds is 5. The van der Waals surface area contributed by atoms with Crippen LogP contribution in [-0.4, -0.2) is 51.3 Å². The molecule has 24 heavy (non-hydrogen) atoms. The van der Waals surface area contributed by atoms with Crippen LogP contribution in [0.2, 0.25) is 0 Å². The maximum absolute atomic E-state index is 12.5. The number of nitrogens with zero attached hydrogens (tertiary/aromatic N) is 4. The van der Waals surface area contributed by atoms with Gasteiger partial charge < -0.3 is 10.2 Å². The fourth-order valence-electron chi connectivity index (χ4n) is 3.05. The first-order valence-corrected chi connectivity index (χ1v) is 8.52. The Kier molecular flexibility index (Phi) is 5.08. The Labute approximate surface area is 141 Å². The Bertz CT molecular complexity index is 719. The van der Waals surface area contributed by atoms with Crippen molar-refractivity contribution in [3.63, 3.8) is 0 Å². The Hall–Kier alpha value is -2.44. The zero-order valence-electron chi connectivity index (χ0n) is 13.9. The first-order chi connectivity index (χ1) is 11.7. The van der Waals surface area contributed by atoms with E-state index in [0.717, 1.165) is 36.8 Å². The number of piperidine rings is 1. The molecule has 0 radical (unpaired) electrons. The first-order valence-electron chi connectivity index (χ1n) is 8.52. The van der Waals surface area contributed by atoms with E-state index in [9.17, 15) is 9.59 Å². The van der Waals surface area contributed by atoms with Gasteiger partial charge in [-0.05, 0) is 31.4 Å². The van der Waals surface area contributed by atoms with E-state index < -0.39 is 0 Å². The van der Waals surface area contributed by atoms with Crippen molar-refractivity contribution >= 4 is 22.8 Å². The van der Waals surface area contributed by atoms with E-state index in [1.165, 1.54) is 0 Å². The molecule has 0 unspecified atom stereocenters. The Balaban J connectivity index is 1.55. The van der Waals surface area contributed by atoms with Crippen LogP contribution in [0.25, 0.3) is 11.0 Å². The summed E-state index contributed by atoms with van der Waals surface area (Å²) >= 11 is 0. The van der Waals surface area contributed by atoms with Gasteiger partial charge in [0, 0.05) is 25.6 Å². The molecule has 0 saturated carbocycles. The van der Waals surface area contributed by atoms with Crippen molar-refractivity contribution in [2.75, 3.05) is 19.6 Å². The number of aromatic nitrogens is 3. The van der Waals surface area contributed by atoms with Gasteiger partial charge in [0.15, 0.2) is 0 Å². The highest BCUT2D eigenvalue weighted by atomic mass is 16.2. The van der Waals surface area contributed by atoms with Gasteiger partial charge in [-0.3, -0.25) is 9.59 Å². The molecule has 2 amide bonds. The zero-order valence-corrected chi connectivity index (χ0v) is 13.9. The van der Waals surface area contributed by atoms with Gasteiger partial charge in [0.25, 0.3) is 0 Å². The quantitative estimate of drug-likeness (QED) is 0.894. The van der Waals surface area contributed by atoms with Crippen LogP contribution in [0.15, 0.2) is 24.3 Å². The second-order valence-corrected chi connectivity index (χ2v) is 6.18. The zero-order chi connectivity index (χ0) is 16.9. The molecule has 1 aromatic carbocycles. The summed E-state index contributed by atoms with van der Waals surface area (Å²) in [6.07, 6.45) is 2.38. The topological polar surface area (TPSA) is 80.1 Å². The molecule has 2 aromatic rings. The largest absolute Gasteiger partial charge is 0.356 e. The fourth-order valence-corrected chi connectivity index (χ4v) is 3.05. The number of carbonyl (C=O) groups is 2. The third-order valence-electron chi connectivity index (χ3n) is 4.47. The van der Waals surface area contributed by atoms with E-state index in [4.69, 9.17) is 0 Å². The Morgan fingerprint density at radius 1 is 1.25 bits per heavy atom. The minimum atomic E-state index is 0.0211. The molecule has 7 heteroatoms. The average Bonchev–Trinajstić information content (AvgIpc) is 3.03. The van der Waals surface area contributed by atoms with Gasteiger partial charge in [0.1, 0.15) is 12.1 Å². The minimum absolute atomic E-state index is 0.0211. The van der Waals surface area contributed by atoms with Crippen molar-refractivity contribution in [1.82, 2.24) is 25.2 Å². The maximum atomic E-state index is 12.5. The van der Waals surface area contributed by atoms with Gasteiger partial charge in [-0.2, -0.15) is 0 Å². The minimum Gasteiger partial charge on any atom is -0.356 e. The third-order valence-corrected chi connectivity index (χ3v) is 4.47. The molecule has 0 aliphatic carbocycles. The smallest absolute Gasteiger partial charge is 0.244 e. The van der Waals surface area contributed by atoms with Gasteiger partial charge in [0.2, 0.25) is 11.8 Å². The first kappa shape index (κ1) is 16.4. The summed E-state index contributed by atoms with van der Waals surface area (Å²) in [5, 5.41) is 11.1. The molecule has 2 heterocycles. The number of amides is 2. The molecule has 1 N–H and O–H groups in total. The lowest BCUT2D eigenvalue weighted by atomic mass is 9.96. The standard InChI is InChI=1S/C17H23N5O2/c1-2-9-18-17(24)13-7-10-21(11-8-13)16(23)12-22-15-6-4-3-5-14(15)19-20-22/h3-6,13H,2,7-12H2,1H3,(H,18,24). The number of hydrogen-bond acceptors (Lipinski definition) is 4. The van der Waals surface area contributed by atoms with Crippen LogP contribution in [0, 0.1) is 5.92 Å². The van der Waals surface area contributed by atoms with Crippen molar-refractivity contribution in [2.45, 2.75) is 32.7 Å². The van der Waals surface area contributed by atoms with E-state index in [2.05, 4.69) is 15.6 Å². The van der Waals surface area contributed by atoms with Crippen LogP contribution in [0.5, 0.6) is 0 Å². The number of para-hydroxylation sites is 1. The van der Waals surface area contributed by atoms with Crippen molar-refractivity contribution in [3.05, 3.63) is 24.3 Å². The molecular formula is C17H23N5O2. The van der Waals surface area contributed by atoms with E-state index in [0.29, 0.717) is 13.1 Å². The van der Waals surface area contributed by atoms with Crippen LogP contribution >= 0.6 is 0 Å². The molecule has 7 nitrogen and oxygen atoms in total. The number of benzene rings is 1. The molecule has 0 bridgehead atoms. The second kappa shape index (κ2) is 7.42. The number of hydrogen-bond donors (Lipinski definition) is 1. The maximum Gasteiger partial charge on any atom is 0.244 e. The summed E-state index contributed by atoms with van der Waals surface area (Å²) in [7, 11) is 0. The number of fused-ring (bicyclic) bond motifs is 1. The fraction of sp³-hybridized carbons (Fsp3) is 0.529. The van der Waals surface area contributed by atoms with Crippen LogP contribution in [0.1, 0.15) is 26.2 Å². The Morgan fingerprint density at radius 3 is 2.75 bits per heavy atom. The van der Waals surface area contributed by atoms with Crippen molar-refractivity contribution < 1.29 is 9.59 Å². The molecule has 1 aliphatic heterocycles. The summed E-state index contributed by atoms with van der Waals surface area (Å²) in [6, 6.07) is 7.60. The highest BCUT2D eigenvalue weighted by molar-refractivity contribution is 5.81. The predicted octanol–water partition coefficient (Wildman–Crippen LogP) is 1.20. The third kappa shape index (κ3) is 3.55. The van der Waals surface area contributed by atoms with Crippen LogP contribution < -0.4 is 5.32 Å². The van der Waals surface area contributed by atoms with Gasteiger partial charge in [-0.25, -0.2) is 4.68 Å². The molecule has 0 atom stereocenters. The lowest BCUT2D eigenvalue weighted by Crippen LogP contribution is -2.44. The van der Waals surface area contributed by atoms with Crippen molar-refractivity contribution in [3.8, 4) is 0 Å². The number of likely N-dealkylation sites (tertiary alicyclic amines) is 1. The second-order valence-electron chi connectivity index (χ2n) is 6.18. The molecule has 1 aromatic heterocycles. The summed E-state index contributed by atoms with van der Waals surface area (Å²) in [4.78, 5) is 26.3. The van der Waals surface area contributed by atoms with Gasteiger partial charge in [-0.1, -0.05) is 24.3 Å². The SMILES string of the molecule is CCCNC(=O)C1CCN(C(=O)Cn2nnc3ccccc32)CC1. The lowest BCUT2D eigenvalue weighted by Gasteiger charge is -2.31. The van der Waals surface area contributed by atoms with Crippen LogP contribution in [0.4, 0.5) is 0 Å². The number of carbonyl (C=O) groups excluding carboxylic acids is 2. The molecule has 3 rings (SSSR count). The summed E-state index contributed by atoms with van der Waals surface area (Å²) in [5.41, 5.74) is 1.65. The van der Waals surface area contributed by atoms with Crippen molar-refractivity contribution in [2.24, 2.45) is 5.92 Å². The predicted molar refractivity (Wildman–Crippen MR) is 90.1 cm³/mol. The summed E-state index contributed by atoms with van der Waals surface area (Å²) in [5.74, 6) is 0.164. The Morgan fingerprint density at radius 2 is 2.00 bits per heavy atom. The van der Waals surface area contributed by atoms with E-state index in [-0.39, 0.29) is 24.3 Å². The molecule has 1 fully saturated rings. The lowest BCUT2D eigenvalue weighted by molar-refractivity contribution is -0.136. The molecule has 128 valence electrons. The number of nitrogens with one attached hydrogen (secondary N) is 1. The van der Waals surface area contributed by atoms with Gasteiger partial charge in [-0.15, -0.1) is 5.10 Å². The summed E-state index contributed by atoms with van der Waals surface area (Å²) in [6.45, 7) is 4.19. The highest BCUT2D eigenvalue weighted by Crippen LogP contribution is 2.18. The van der Waals surface area contributed by atoms with E-state index >= 15 is 0 Å².